The predicted octanol–water partition coefficient (Wildman–Crippen LogP) is 4.41. The normalized spacial score (nSPS) is 13.7. The molecule has 0 fully saturated rings. The molecule has 0 saturated heterocycles. The number of aromatic nitrogens is 4. The van der Waals surface area contributed by atoms with Crippen molar-refractivity contribution < 1.29 is 13.2 Å². The van der Waals surface area contributed by atoms with Crippen LogP contribution in [0.25, 0.3) is 11.0 Å². The van der Waals surface area contributed by atoms with Gasteiger partial charge in [0.2, 0.25) is 5.95 Å². The number of halogens is 3. The van der Waals surface area contributed by atoms with E-state index in [2.05, 4.69) is 25.7 Å². The van der Waals surface area contributed by atoms with E-state index in [-0.39, 0.29) is 0 Å². The SMILES string of the molecule is Cn1ncc2c(Nc3ccc(C(F)(F)F)cc3)nc(NCC(C)(N)c3ccccc3)nc21. The van der Waals surface area contributed by atoms with Crippen molar-refractivity contribution in [3.63, 3.8) is 0 Å². The molecule has 0 saturated carbocycles. The van der Waals surface area contributed by atoms with Crippen molar-refractivity contribution in [2.24, 2.45) is 12.8 Å². The highest BCUT2D eigenvalue weighted by atomic mass is 19.4. The molecule has 0 radical (unpaired) electrons. The fourth-order valence-corrected chi connectivity index (χ4v) is 3.26. The Morgan fingerprint density at radius 3 is 2.31 bits per heavy atom. The zero-order valence-corrected chi connectivity index (χ0v) is 17.5. The third-order valence-electron chi connectivity index (χ3n) is 5.11. The Balaban J connectivity index is 1.61. The molecular weight excluding hydrogens is 419 g/mol. The summed E-state index contributed by atoms with van der Waals surface area (Å²) < 4.78 is 40.1. The highest BCUT2D eigenvalue weighted by Crippen LogP contribution is 2.31. The van der Waals surface area contributed by atoms with Crippen LogP contribution in [-0.2, 0) is 18.8 Å². The Labute approximate surface area is 182 Å². The number of nitrogens with one attached hydrogen (secondary N) is 2. The maximum absolute atomic E-state index is 12.8. The lowest BCUT2D eigenvalue weighted by atomic mass is 9.93. The molecular formula is C22H22F3N7. The molecule has 0 aliphatic heterocycles. The van der Waals surface area contributed by atoms with Crippen molar-refractivity contribution in [2.75, 3.05) is 17.2 Å². The number of nitrogens with zero attached hydrogens (tertiary/aromatic N) is 4. The summed E-state index contributed by atoms with van der Waals surface area (Å²) in [6.45, 7) is 2.26. The van der Waals surface area contributed by atoms with Crippen LogP contribution in [-0.4, -0.2) is 26.3 Å². The monoisotopic (exact) mass is 441 g/mol. The minimum atomic E-state index is -4.39. The van der Waals surface area contributed by atoms with E-state index in [0.717, 1.165) is 17.7 Å². The van der Waals surface area contributed by atoms with Crippen molar-refractivity contribution in [1.29, 1.82) is 0 Å². The second-order valence-electron chi connectivity index (χ2n) is 7.74. The lowest BCUT2D eigenvalue weighted by Crippen LogP contribution is -2.40. The Bertz CT molecular complexity index is 1220. The molecule has 0 amide bonds. The summed E-state index contributed by atoms with van der Waals surface area (Å²) in [4.78, 5) is 9.03. The summed E-state index contributed by atoms with van der Waals surface area (Å²) in [5.41, 5.74) is 7.06. The van der Waals surface area contributed by atoms with Gasteiger partial charge in [-0.3, -0.25) is 4.68 Å². The standard InChI is InChI=1S/C22H22F3N7/c1-21(26,14-6-4-3-5-7-14)13-27-20-30-18(17-12-28-32(2)19(17)31-20)29-16-10-8-15(9-11-16)22(23,24)25/h3-12H,13,26H2,1-2H3,(H2,27,29,30,31). The van der Waals surface area contributed by atoms with Gasteiger partial charge in [0.05, 0.1) is 22.7 Å². The fourth-order valence-electron chi connectivity index (χ4n) is 3.26. The van der Waals surface area contributed by atoms with Crippen LogP contribution in [0.3, 0.4) is 0 Å². The molecule has 166 valence electrons. The summed E-state index contributed by atoms with van der Waals surface area (Å²) in [7, 11) is 1.75. The van der Waals surface area contributed by atoms with Crippen LogP contribution in [0.1, 0.15) is 18.1 Å². The molecule has 7 nitrogen and oxygen atoms in total. The molecule has 0 spiro atoms. The van der Waals surface area contributed by atoms with E-state index in [9.17, 15) is 13.2 Å². The van der Waals surface area contributed by atoms with Gasteiger partial charge in [-0.2, -0.15) is 28.2 Å². The third-order valence-corrected chi connectivity index (χ3v) is 5.11. The van der Waals surface area contributed by atoms with Crippen molar-refractivity contribution >= 4 is 28.5 Å². The minimum absolute atomic E-state index is 0.322. The highest BCUT2D eigenvalue weighted by molar-refractivity contribution is 5.89. The molecule has 1 unspecified atom stereocenters. The third kappa shape index (κ3) is 4.50. The quantitative estimate of drug-likeness (QED) is 0.410. The number of hydrogen-bond donors (Lipinski definition) is 3. The first-order valence-electron chi connectivity index (χ1n) is 9.86. The minimum Gasteiger partial charge on any atom is -0.352 e. The van der Waals surface area contributed by atoms with E-state index in [4.69, 9.17) is 5.73 Å². The Hall–Kier alpha value is -3.66. The Morgan fingerprint density at radius 2 is 1.66 bits per heavy atom. The molecule has 32 heavy (non-hydrogen) atoms. The summed E-state index contributed by atoms with van der Waals surface area (Å²) in [6.07, 6.45) is -2.79. The number of aryl methyl sites for hydroxylation is 1. The summed E-state index contributed by atoms with van der Waals surface area (Å²) in [6, 6.07) is 14.4. The highest BCUT2D eigenvalue weighted by Gasteiger charge is 2.30. The van der Waals surface area contributed by atoms with Crippen LogP contribution >= 0.6 is 0 Å². The Kier molecular flexibility index (Phi) is 5.47. The van der Waals surface area contributed by atoms with Gasteiger partial charge in [-0.25, -0.2) is 0 Å². The predicted molar refractivity (Wildman–Crippen MR) is 118 cm³/mol. The molecule has 2 aromatic heterocycles. The van der Waals surface area contributed by atoms with Crippen molar-refractivity contribution in [1.82, 2.24) is 19.7 Å². The number of nitrogens with two attached hydrogens (primary N) is 1. The van der Waals surface area contributed by atoms with Crippen LogP contribution in [0.15, 0.2) is 60.8 Å². The van der Waals surface area contributed by atoms with E-state index in [1.54, 1.807) is 17.9 Å². The average Bonchev–Trinajstić information content (AvgIpc) is 3.14. The van der Waals surface area contributed by atoms with Gasteiger partial charge < -0.3 is 16.4 Å². The number of alkyl halides is 3. The number of rotatable bonds is 6. The van der Waals surface area contributed by atoms with Crippen LogP contribution in [0.2, 0.25) is 0 Å². The molecule has 4 rings (SSSR count). The number of hydrogen-bond acceptors (Lipinski definition) is 6. The van der Waals surface area contributed by atoms with E-state index >= 15 is 0 Å². The van der Waals surface area contributed by atoms with Gasteiger partial charge in [0, 0.05) is 19.3 Å². The smallest absolute Gasteiger partial charge is 0.352 e. The molecule has 4 N–H and O–H groups in total. The maximum atomic E-state index is 12.8. The van der Waals surface area contributed by atoms with E-state index in [0.29, 0.717) is 35.0 Å². The van der Waals surface area contributed by atoms with Gasteiger partial charge in [0.15, 0.2) is 5.65 Å². The first-order chi connectivity index (χ1) is 15.1. The summed E-state index contributed by atoms with van der Waals surface area (Å²) in [5.74, 6) is 0.743. The average molecular weight is 441 g/mol. The number of anilines is 3. The summed E-state index contributed by atoms with van der Waals surface area (Å²) >= 11 is 0. The first kappa shape index (κ1) is 21.6. The summed E-state index contributed by atoms with van der Waals surface area (Å²) in [5, 5.41) is 11.1. The van der Waals surface area contributed by atoms with Gasteiger partial charge in [-0.05, 0) is 36.8 Å². The van der Waals surface area contributed by atoms with Crippen LogP contribution in [0, 0.1) is 0 Å². The molecule has 0 bridgehead atoms. The van der Waals surface area contributed by atoms with Gasteiger partial charge in [0.1, 0.15) is 5.82 Å². The first-order valence-corrected chi connectivity index (χ1v) is 9.86. The number of fused-ring (bicyclic) bond motifs is 1. The molecule has 2 aromatic carbocycles. The van der Waals surface area contributed by atoms with Crippen molar-refractivity contribution in [3.8, 4) is 0 Å². The lowest BCUT2D eigenvalue weighted by Gasteiger charge is -2.25. The van der Waals surface area contributed by atoms with Gasteiger partial charge >= 0.3 is 6.18 Å². The second-order valence-corrected chi connectivity index (χ2v) is 7.74. The fraction of sp³-hybridized carbons (Fsp3) is 0.227. The molecule has 0 aliphatic carbocycles. The van der Waals surface area contributed by atoms with Crippen molar-refractivity contribution in [3.05, 3.63) is 71.9 Å². The molecule has 10 heteroatoms. The van der Waals surface area contributed by atoms with Crippen LogP contribution < -0.4 is 16.4 Å². The second kappa shape index (κ2) is 8.12. The van der Waals surface area contributed by atoms with Gasteiger partial charge in [-0.15, -0.1) is 0 Å². The Morgan fingerprint density at radius 1 is 0.969 bits per heavy atom. The lowest BCUT2D eigenvalue weighted by molar-refractivity contribution is -0.137. The zero-order chi connectivity index (χ0) is 22.9. The zero-order valence-electron chi connectivity index (χ0n) is 17.5. The van der Waals surface area contributed by atoms with E-state index in [1.807, 2.05) is 37.3 Å². The molecule has 0 aliphatic rings. The van der Waals surface area contributed by atoms with E-state index < -0.39 is 17.3 Å². The topological polar surface area (TPSA) is 93.7 Å². The van der Waals surface area contributed by atoms with Gasteiger partial charge in [-0.1, -0.05) is 30.3 Å². The van der Waals surface area contributed by atoms with E-state index in [1.165, 1.54) is 12.1 Å². The van der Waals surface area contributed by atoms with Crippen LogP contribution in [0.4, 0.5) is 30.6 Å². The molecule has 2 heterocycles. The number of benzene rings is 2. The molecule has 4 aromatic rings. The largest absolute Gasteiger partial charge is 0.416 e. The van der Waals surface area contributed by atoms with Crippen LogP contribution in [0.5, 0.6) is 0 Å². The maximum Gasteiger partial charge on any atom is 0.416 e. The van der Waals surface area contributed by atoms with Gasteiger partial charge in [0.25, 0.3) is 0 Å². The van der Waals surface area contributed by atoms with Crippen molar-refractivity contribution in [2.45, 2.75) is 18.6 Å². The molecule has 1 atom stereocenters.